The predicted molar refractivity (Wildman–Crippen MR) is 42.7 cm³/mol. The van der Waals surface area contributed by atoms with Crippen LogP contribution in [0.5, 0.6) is 5.75 Å². The zero-order chi connectivity index (χ0) is 8.97. The summed E-state index contributed by atoms with van der Waals surface area (Å²) in [5.74, 6) is 1.43. The lowest BCUT2D eigenvalue weighted by Crippen LogP contribution is -1.90. The minimum absolute atomic E-state index is 0.0958. The molecule has 1 aromatic rings. The van der Waals surface area contributed by atoms with Crippen LogP contribution in [-0.4, -0.2) is 10.9 Å². The molecule has 0 saturated heterocycles. The van der Waals surface area contributed by atoms with Crippen molar-refractivity contribution in [2.24, 2.45) is 0 Å². The number of aromatic hydroxyl groups is 1. The van der Waals surface area contributed by atoms with Crippen LogP contribution in [0.25, 0.3) is 0 Å². The van der Waals surface area contributed by atoms with E-state index in [0.717, 1.165) is 6.08 Å². The summed E-state index contributed by atoms with van der Waals surface area (Å²) in [5.41, 5.74) is 0. The van der Waals surface area contributed by atoms with Crippen LogP contribution in [0, 0.1) is 12.3 Å². The lowest BCUT2D eigenvalue weighted by atomic mass is 10.2. The van der Waals surface area contributed by atoms with Crippen molar-refractivity contribution >= 4 is 5.78 Å². The molecular weight excluding hydrogens is 156 g/mol. The maximum Gasteiger partial charge on any atom is 0.225 e. The molecule has 0 spiro atoms. The Labute approximate surface area is 69.3 Å². The van der Waals surface area contributed by atoms with Gasteiger partial charge in [-0.1, -0.05) is 5.92 Å². The van der Waals surface area contributed by atoms with Gasteiger partial charge >= 0.3 is 0 Å². The number of carbonyl (C=O) groups is 1. The number of rotatable bonds is 2. The SMILES string of the molecule is C#C/C=C/C(=O)c1occc1O. The Hall–Kier alpha value is -1.95. The van der Waals surface area contributed by atoms with Crippen molar-refractivity contribution in [1.82, 2.24) is 0 Å². The quantitative estimate of drug-likeness (QED) is 0.405. The van der Waals surface area contributed by atoms with Crippen molar-refractivity contribution in [3.63, 3.8) is 0 Å². The molecule has 0 atom stereocenters. The minimum atomic E-state index is -0.449. The Balaban J connectivity index is 2.87. The summed E-state index contributed by atoms with van der Waals surface area (Å²) in [7, 11) is 0. The first-order valence-corrected chi connectivity index (χ1v) is 3.19. The second-order valence-corrected chi connectivity index (χ2v) is 2.00. The Morgan fingerprint density at radius 3 is 3.00 bits per heavy atom. The van der Waals surface area contributed by atoms with Crippen LogP contribution in [0.2, 0.25) is 0 Å². The van der Waals surface area contributed by atoms with Gasteiger partial charge in [-0.25, -0.2) is 0 Å². The van der Waals surface area contributed by atoms with Gasteiger partial charge in [-0.2, -0.15) is 0 Å². The Kier molecular flexibility index (Phi) is 2.34. The number of allylic oxidation sites excluding steroid dienone is 2. The molecule has 1 heterocycles. The number of hydrogen-bond donors (Lipinski definition) is 1. The number of terminal acetylenes is 1. The lowest BCUT2D eigenvalue weighted by Gasteiger charge is -1.88. The molecule has 0 aliphatic rings. The van der Waals surface area contributed by atoms with Crippen LogP contribution in [0.1, 0.15) is 10.6 Å². The molecule has 0 radical (unpaired) electrons. The fourth-order valence-corrected chi connectivity index (χ4v) is 0.686. The molecule has 0 aromatic carbocycles. The van der Waals surface area contributed by atoms with Crippen LogP contribution in [0.3, 0.4) is 0 Å². The van der Waals surface area contributed by atoms with Crippen molar-refractivity contribution in [3.8, 4) is 18.1 Å². The van der Waals surface area contributed by atoms with Gasteiger partial charge in [0.25, 0.3) is 0 Å². The summed E-state index contributed by atoms with van der Waals surface area (Å²) in [6.07, 6.45) is 8.51. The van der Waals surface area contributed by atoms with Gasteiger partial charge in [0.05, 0.1) is 6.26 Å². The summed E-state index contributed by atoms with van der Waals surface area (Å²) in [4.78, 5) is 11.0. The molecule has 3 nitrogen and oxygen atoms in total. The summed E-state index contributed by atoms with van der Waals surface area (Å²) >= 11 is 0. The average molecular weight is 162 g/mol. The molecule has 1 rings (SSSR count). The summed E-state index contributed by atoms with van der Waals surface area (Å²) in [6, 6.07) is 1.29. The first-order valence-electron chi connectivity index (χ1n) is 3.19. The standard InChI is InChI=1S/C9H6O3/c1-2-3-4-7(10)9-8(11)5-6-12-9/h1,3-6,11H/b4-3+. The molecule has 0 aliphatic heterocycles. The van der Waals surface area contributed by atoms with Crippen molar-refractivity contribution in [2.45, 2.75) is 0 Å². The smallest absolute Gasteiger partial charge is 0.225 e. The van der Waals surface area contributed by atoms with E-state index in [-0.39, 0.29) is 11.5 Å². The minimum Gasteiger partial charge on any atom is -0.504 e. The van der Waals surface area contributed by atoms with E-state index in [2.05, 4.69) is 5.92 Å². The van der Waals surface area contributed by atoms with Gasteiger partial charge in [-0.05, 0) is 12.2 Å². The fraction of sp³-hybridized carbons (Fsp3) is 0. The van der Waals surface area contributed by atoms with Gasteiger partial charge in [0.1, 0.15) is 0 Å². The van der Waals surface area contributed by atoms with Gasteiger partial charge in [0.2, 0.25) is 11.5 Å². The second-order valence-electron chi connectivity index (χ2n) is 2.00. The second kappa shape index (κ2) is 3.44. The topological polar surface area (TPSA) is 50.4 Å². The number of ketones is 1. The van der Waals surface area contributed by atoms with Crippen LogP contribution in [-0.2, 0) is 0 Å². The van der Waals surface area contributed by atoms with Crippen molar-refractivity contribution in [1.29, 1.82) is 0 Å². The van der Waals surface area contributed by atoms with Crippen molar-refractivity contribution < 1.29 is 14.3 Å². The van der Waals surface area contributed by atoms with Gasteiger partial charge in [0, 0.05) is 6.07 Å². The molecular formula is C9H6O3. The van der Waals surface area contributed by atoms with Crippen molar-refractivity contribution in [3.05, 3.63) is 30.2 Å². The first kappa shape index (κ1) is 8.15. The molecule has 60 valence electrons. The molecule has 0 fully saturated rings. The largest absolute Gasteiger partial charge is 0.504 e. The summed E-state index contributed by atoms with van der Waals surface area (Å²) < 4.78 is 4.70. The Morgan fingerprint density at radius 2 is 2.50 bits per heavy atom. The van der Waals surface area contributed by atoms with E-state index in [9.17, 15) is 4.79 Å². The maximum absolute atomic E-state index is 11.0. The highest BCUT2D eigenvalue weighted by molar-refractivity contribution is 6.04. The predicted octanol–water partition coefficient (Wildman–Crippen LogP) is 1.36. The monoisotopic (exact) mass is 162 g/mol. The third-order valence-electron chi connectivity index (χ3n) is 1.20. The van der Waals surface area contributed by atoms with Crippen LogP contribution >= 0.6 is 0 Å². The molecule has 1 aromatic heterocycles. The molecule has 0 saturated carbocycles. The summed E-state index contributed by atoms with van der Waals surface area (Å²) in [5, 5.41) is 9.02. The molecule has 1 N–H and O–H groups in total. The number of furan rings is 1. The Morgan fingerprint density at radius 1 is 1.75 bits per heavy atom. The van der Waals surface area contributed by atoms with Crippen LogP contribution < -0.4 is 0 Å². The van der Waals surface area contributed by atoms with E-state index in [1.54, 1.807) is 0 Å². The summed E-state index contributed by atoms with van der Waals surface area (Å²) in [6.45, 7) is 0. The number of hydrogen-bond acceptors (Lipinski definition) is 3. The van der Waals surface area contributed by atoms with E-state index in [0.29, 0.717) is 0 Å². The van der Waals surface area contributed by atoms with Gasteiger partial charge in [-0.15, -0.1) is 6.42 Å². The zero-order valence-corrected chi connectivity index (χ0v) is 6.15. The first-order chi connectivity index (χ1) is 5.75. The highest BCUT2D eigenvalue weighted by Crippen LogP contribution is 2.17. The van der Waals surface area contributed by atoms with E-state index < -0.39 is 5.78 Å². The van der Waals surface area contributed by atoms with E-state index in [1.165, 1.54) is 18.4 Å². The molecule has 0 aliphatic carbocycles. The molecule has 12 heavy (non-hydrogen) atoms. The average Bonchev–Trinajstić information content (AvgIpc) is 2.47. The fourth-order valence-electron chi connectivity index (χ4n) is 0.686. The van der Waals surface area contributed by atoms with Crippen LogP contribution in [0.4, 0.5) is 0 Å². The maximum atomic E-state index is 11.0. The normalized spacial score (nSPS) is 9.92. The molecule has 0 bridgehead atoms. The Bertz CT molecular complexity index is 352. The van der Waals surface area contributed by atoms with Crippen molar-refractivity contribution in [2.75, 3.05) is 0 Å². The molecule has 0 amide bonds. The van der Waals surface area contributed by atoms with E-state index >= 15 is 0 Å². The zero-order valence-electron chi connectivity index (χ0n) is 6.15. The third kappa shape index (κ3) is 1.55. The number of carbonyl (C=O) groups excluding carboxylic acids is 1. The van der Waals surface area contributed by atoms with Gasteiger partial charge in [-0.3, -0.25) is 4.79 Å². The van der Waals surface area contributed by atoms with Crippen LogP contribution in [0.15, 0.2) is 28.9 Å². The highest BCUT2D eigenvalue weighted by Gasteiger charge is 2.10. The third-order valence-corrected chi connectivity index (χ3v) is 1.20. The highest BCUT2D eigenvalue weighted by atomic mass is 16.4. The molecule has 0 unspecified atom stereocenters. The van der Waals surface area contributed by atoms with Gasteiger partial charge < -0.3 is 9.52 Å². The van der Waals surface area contributed by atoms with Gasteiger partial charge in [0.15, 0.2) is 5.75 Å². The lowest BCUT2D eigenvalue weighted by molar-refractivity contribution is 0.101. The molecule has 3 heteroatoms. The van der Waals surface area contributed by atoms with E-state index in [4.69, 9.17) is 15.9 Å². The van der Waals surface area contributed by atoms with E-state index in [1.807, 2.05) is 0 Å².